The van der Waals surface area contributed by atoms with Gasteiger partial charge in [0.25, 0.3) is 5.91 Å². The summed E-state index contributed by atoms with van der Waals surface area (Å²) in [5, 5.41) is 7.47. The number of H-pyrrole nitrogens is 1. The number of carbonyl (C=O) groups is 2. The van der Waals surface area contributed by atoms with Crippen molar-refractivity contribution in [3.63, 3.8) is 0 Å². The van der Waals surface area contributed by atoms with E-state index in [4.69, 9.17) is 4.74 Å². The number of hydrogen-bond acceptors (Lipinski definition) is 4. The molecule has 1 N–H and O–H groups in total. The summed E-state index contributed by atoms with van der Waals surface area (Å²) >= 11 is 0. The van der Waals surface area contributed by atoms with Gasteiger partial charge in [0.2, 0.25) is 0 Å². The number of aromatic nitrogens is 2. The SMILES string of the molecule is CC1CC(C)CN(C(=O)COC(=O)c2n[nH]c3ccccc23)C1. The van der Waals surface area contributed by atoms with E-state index in [0.717, 1.165) is 25.0 Å². The van der Waals surface area contributed by atoms with Gasteiger partial charge in [0.15, 0.2) is 12.3 Å². The lowest BCUT2D eigenvalue weighted by molar-refractivity contribution is -0.137. The molecule has 1 fully saturated rings. The van der Waals surface area contributed by atoms with E-state index in [1.165, 1.54) is 0 Å². The minimum atomic E-state index is -0.575. The van der Waals surface area contributed by atoms with Crippen LogP contribution in [0.4, 0.5) is 0 Å². The van der Waals surface area contributed by atoms with Crippen LogP contribution in [0.3, 0.4) is 0 Å². The summed E-state index contributed by atoms with van der Waals surface area (Å²) in [6, 6.07) is 7.32. The van der Waals surface area contributed by atoms with Crippen LogP contribution in [-0.2, 0) is 9.53 Å². The number of fused-ring (bicyclic) bond motifs is 1. The van der Waals surface area contributed by atoms with Crippen LogP contribution in [0.2, 0.25) is 0 Å². The summed E-state index contributed by atoms with van der Waals surface area (Å²) in [5.41, 5.74) is 0.984. The molecule has 1 amide bonds. The van der Waals surface area contributed by atoms with E-state index in [-0.39, 0.29) is 18.2 Å². The van der Waals surface area contributed by atoms with Gasteiger partial charge in [0, 0.05) is 18.5 Å². The number of likely N-dealkylation sites (tertiary alicyclic amines) is 1. The summed E-state index contributed by atoms with van der Waals surface area (Å²) in [7, 11) is 0. The van der Waals surface area contributed by atoms with Crippen LogP contribution < -0.4 is 0 Å². The van der Waals surface area contributed by atoms with Crippen LogP contribution in [0.1, 0.15) is 30.8 Å². The normalized spacial score (nSPS) is 21.4. The van der Waals surface area contributed by atoms with Gasteiger partial charge in [-0.25, -0.2) is 4.79 Å². The first-order valence-electron chi connectivity index (χ1n) is 7.92. The highest BCUT2D eigenvalue weighted by molar-refractivity contribution is 6.02. The predicted molar refractivity (Wildman–Crippen MR) is 85.9 cm³/mol. The second-order valence-electron chi connectivity index (χ2n) is 6.44. The number of hydrogen-bond donors (Lipinski definition) is 1. The third-order valence-electron chi connectivity index (χ3n) is 4.21. The smallest absolute Gasteiger partial charge is 0.359 e. The van der Waals surface area contributed by atoms with Crippen LogP contribution in [0, 0.1) is 11.8 Å². The Bertz CT molecular complexity index is 715. The molecule has 6 heteroatoms. The molecule has 1 aliphatic rings. The van der Waals surface area contributed by atoms with Crippen molar-refractivity contribution < 1.29 is 14.3 Å². The van der Waals surface area contributed by atoms with Crippen molar-refractivity contribution in [2.75, 3.05) is 19.7 Å². The fraction of sp³-hybridized carbons (Fsp3) is 0.471. The predicted octanol–water partition coefficient (Wildman–Crippen LogP) is 2.22. The third kappa shape index (κ3) is 3.36. The number of para-hydroxylation sites is 1. The van der Waals surface area contributed by atoms with Crippen LogP contribution in [0.15, 0.2) is 24.3 Å². The Morgan fingerprint density at radius 1 is 1.26 bits per heavy atom. The lowest BCUT2D eigenvalue weighted by atomic mass is 9.92. The summed E-state index contributed by atoms with van der Waals surface area (Å²) in [6.45, 7) is 5.49. The number of benzene rings is 1. The van der Waals surface area contributed by atoms with Gasteiger partial charge < -0.3 is 9.64 Å². The monoisotopic (exact) mass is 315 g/mol. The van der Waals surface area contributed by atoms with Crippen molar-refractivity contribution in [1.29, 1.82) is 0 Å². The summed E-state index contributed by atoms with van der Waals surface area (Å²) < 4.78 is 5.17. The van der Waals surface area contributed by atoms with E-state index < -0.39 is 5.97 Å². The standard InChI is InChI=1S/C17H21N3O3/c1-11-7-12(2)9-20(8-11)15(21)10-23-17(22)16-13-5-3-4-6-14(13)18-19-16/h3-6,11-12H,7-10H2,1-2H3,(H,18,19). The van der Waals surface area contributed by atoms with E-state index in [1.54, 1.807) is 11.0 Å². The molecule has 0 aliphatic carbocycles. The van der Waals surface area contributed by atoms with E-state index >= 15 is 0 Å². The molecular formula is C17H21N3O3. The van der Waals surface area contributed by atoms with Gasteiger partial charge in [-0.2, -0.15) is 5.10 Å². The number of amides is 1. The molecule has 1 aliphatic heterocycles. The molecule has 122 valence electrons. The third-order valence-corrected chi connectivity index (χ3v) is 4.21. The number of aromatic amines is 1. The van der Waals surface area contributed by atoms with Crippen molar-refractivity contribution in [2.24, 2.45) is 11.8 Å². The zero-order valence-electron chi connectivity index (χ0n) is 13.4. The number of esters is 1. The number of rotatable bonds is 3. The molecular weight excluding hydrogens is 294 g/mol. The molecule has 1 aromatic carbocycles. The summed E-state index contributed by atoms with van der Waals surface area (Å²) in [6.07, 6.45) is 1.13. The van der Waals surface area contributed by atoms with Gasteiger partial charge >= 0.3 is 5.97 Å². The number of nitrogens with zero attached hydrogens (tertiary/aromatic N) is 2. The Balaban J connectivity index is 1.61. The van der Waals surface area contributed by atoms with Crippen molar-refractivity contribution >= 4 is 22.8 Å². The van der Waals surface area contributed by atoms with Gasteiger partial charge in [-0.05, 0) is 24.3 Å². The molecule has 0 bridgehead atoms. The molecule has 2 heterocycles. The van der Waals surface area contributed by atoms with Crippen LogP contribution >= 0.6 is 0 Å². The molecule has 2 aromatic rings. The molecule has 2 unspecified atom stereocenters. The molecule has 23 heavy (non-hydrogen) atoms. The van der Waals surface area contributed by atoms with E-state index in [1.807, 2.05) is 18.2 Å². The average Bonchev–Trinajstić information content (AvgIpc) is 2.95. The number of piperidine rings is 1. The highest BCUT2D eigenvalue weighted by Gasteiger charge is 2.26. The second-order valence-corrected chi connectivity index (χ2v) is 6.44. The number of carbonyl (C=O) groups excluding carboxylic acids is 2. The molecule has 1 saturated heterocycles. The van der Waals surface area contributed by atoms with Gasteiger partial charge in [0.05, 0.1) is 5.52 Å². The Morgan fingerprint density at radius 3 is 2.70 bits per heavy atom. The average molecular weight is 315 g/mol. The maximum absolute atomic E-state index is 12.2. The Morgan fingerprint density at radius 2 is 1.96 bits per heavy atom. The Kier molecular flexibility index (Phi) is 4.32. The van der Waals surface area contributed by atoms with Crippen LogP contribution in [-0.4, -0.2) is 46.7 Å². The summed E-state index contributed by atoms with van der Waals surface area (Å²) in [5.74, 6) is 0.243. The van der Waals surface area contributed by atoms with Crippen molar-refractivity contribution in [1.82, 2.24) is 15.1 Å². The molecule has 0 saturated carbocycles. The van der Waals surface area contributed by atoms with Gasteiger partial charge in [-0.15, -0.1) is 0 Å². The van der Waals surface area contributed by atoms with Gasteiger partial charge in [-0.3, -0.25) is 9.89 Å². The Hall–Kier alpha value is -2.37. The zero-order valence-corrected chi connectivity index (χ0v) is 13.4. The minimum Gasteiger partial charge on any atom is -0.451 e. The fourth-order valence-electron chi connectivity index (χ4n) is 3.27. The maximum atomic E-state index is 12.2. The maximum Gasteiger partial charge on any atom is 0.359 e. The minimum absolute atomic E-state index is 0.142. The molecule has 0 radical (unpaired) electrons. The lowest BCUT2D eigenvalue weighted by Crippen LogP contribution is -2.44. The molecule has 1 aromatic heterocycles. The fourth-order valence-corrected chi connectivity index (χ4v) is 3.27. The van der Waals surface area contributed by atoms with E-state index in [9.17, 15) is 9.59 Å². The summed E-state index contributed by atoms with van der Waals surface area (Å²) in [4.78, 5) is 26.2. The van der Waals surface area contributed by atoms with Crippen molar-refractivity contribution in [3.05, 3.63) is 30.0 Å². The van der Waals surface area contributed by atoms with Crippen LogP contribution in [0.25, 0.3) is 10.9 Å². The highest BCUT2D eigenvalue weighted by atomic mass is 16.5. The molecule has 3 rings (SSSR count). The molecule has 0 spiro atoms. The van der Waals surface area contributed by atoms with Gasteiger partial charge in [-0.1, -0.05) is 32.0 Å². The first kappa shape index (κ1) is 15.5. The van der Waals surface area contributed by atoms with E-state index in [2.05, 4.69) is 24.0 Å². The first-order valence-corrected chi connectivity index (χ1v) is 7.92. The van der Waals surface area contributed by atoms with Crippen molar-refractivity contribution in [2.45, 2.75) is 20.3 Å². The van der Waals surface area contributed by atoms with Gasteiger partial charge in [0.1, 0.15) is 0 Å². The molecule has 2 atom stereocenters. The van der Waals surface area contributed by atoms with E-state index in [0.29, 0.717) is 17.2 Å². The molecule has 6 nitrogen and oxygen atoms in total. The zero-order chi connectivity index (χ0) is 16.4. The lowest BCUT2D eigenvalue weighted by Gasteiger charge is -2.34. The Labute approximate surface area is 134 Å². The quantitative estimate of drug-likeness (QED) is 0.881. The second kappa shape index (κ2) is 6.40. The first-order chi connectivity index (χ1) is 11.0. The van der Waals surface area contributed by atoms with Crippen LogP contribution in [0.5, 0.6) is 0 Å². The topological polar surface area (TPSA) is 75.3 Å². The number of ether oxygens (including phenoxy) is 1. The number of nitrogens with one attached hydrogen (secondary N) is 1. The largest absolute Gasteiger partial charge is 0.451 e. The highest BCUT2D eigenvalue weighted by Crippen LogP contribution is 2.21. The van der Waals surface area contributed by atoms with Crippen molar-refractivity contribution in [3.8, 4) is 0 Å².